The third-order valence-electron chi connectivity index (χ3n) is 2.12. The molecule has 4 heteroatoms. The van der Waals surface area contributed by atoms with Crippen molar-refractivity contribution >= 4 is 5.91 Å². The first-order valence-electron chi connectivity index (χ1n) is 5.24. The third-order valence-corrected chi connectivity index (χ3v) is 2.12. The lowest BCUT2D eigenvalue weighted by Gasteiger charge is -2.08. The Bertz CT molecular complexity index is 339. The maximum atomic E-state index is 11.0. The molecule has 1 aromatic rings. The molecule has 0 bridgehead atoms. The van der Waals surface area contributed by atoms with Crippen molar-refractivity contribution in [1.82, 2.24) is 5.48 Å². The van der Waals surface area contributed by atoms with Crippen molar-refractivity contribution in [1.29, 1.82) is 0 Å². The van der Waals surface area contributed by atoms with Gasteiger partial charge in [0.05, 0.1) is 13.7 Å². The molecule has 0 aliphatic carbocycles. The molecule has 88 valence electrons. The molecule has 0 atom stereocenters. The Morgan fingerprint density at radius 2 is 2.12 bits per heavy atom. The predicted molar refractivity (Wildman–Crippen MR) is 61.1 cm³/mol. The Kier molecular flexibility index (Phi) is 5.36. The standard InChI is InChI=1S/C12H17NO3/c1-10-6-3-4-7-11(10)16-9-5-8-12(14)13-15-2/h3-4,6-7H,5,8-9H2,1-2H3,(H,13,14). The van der Waals surface area contributed by atoms with E-state index in [1.807, 2.05) is 31.2 Å². The van der Waals surface area contributed by atoms with Gasteiger partial charge in [-0.05, 0) is 25.0 Å². The molecule has 0 heterocycles. The fourth-order valence-corrected chi connectivity index (χ4v) is 1.30. The summed E-state index contributed by atoms with van der Waals surface area (Å²) in [6, 6.07) is 7.81. The molecule has 0 saturated carbocycles. The Hall–Kier alpha value is -1.55. The lowest BCUT2D eigenvalue weighted by atomic mass is 10.2. The van der Waals surface area contributed by atoms with Crippen LogP contribution in [0.3, 0.4) is 0 Å². The van der Waals surface area contributed by atoms with Gasteiger partial charge in [0.1, 0.15) is 5.75 Å². The van der Waals surface area contributed by atoms with Crippen LogP contribution in [-0.2, 0) is 9.63 Å². The number of hydrogen-bond donors (Lipinski definition) is 1. The van der Waals surface area contributed by atoms with Crippen molar-refractivity contribution in [2.45, 2.75) is 19.8 Å². The summed E-state index contributed by atoms with van der Waals surface area (Å²) >= 11 is 0. The van der Waals surface area contributed by atoms with Crippen LogP contribution >= 0.6 is 0 Å². The second kappa shape index (κ2) is 6.85. The van der Waals surface area contributed by atoms with E-state index in [-0.39, 0.29) is 5.91 Å². The zero-order valence-corrected chi connectivity index (χ0v) is 9.66. The number of benzene rings is 1. The SMILES string of the molecule is CONC(=O)CCCOc1ccccc1C. The number of carbonyl (C=O) groups is 1. The number of carbonyl (C=O) groups excluding carboxylic acids is 1. The van der Waals surface area contributed by atoms with Crippen molar-refractivity contribution in [3.8, 4) is 5.75 Å². The fourth-order valence-electron chi connectivity index (χ4n) is 1.30. The maximum Gasteiger partial charge on any atom is 0.243 e. The number of hydrogen-bond acceptors (Lipinski definition) is 3. The summed E-state index contributed by atoms with van der Waals surface area (Å²) in [7, 11) is 1.42. The number of hydroxylamine groups is 1. The van der Waals surface area contributed by atoms with Crippen molar-refractivity contribution in [3.63, 3.8) is 0 Å². The number of nitrogens with one attached hydrogen (secondary N) is 1. The van der Waals surface area contributed by atoms with E-state index in [9.17, 15) is 4.79 Å². The molecule has 0 saturated heterocycles. The van der Waals surface area contributed by atoms with Crippen LogP contribution in [0.4, 0.5) is 0 Å². The molecule has 1 rings (SSSR count). The zero-order chi connectivity index (χ0) is 11.8. The van der Waals surface area contributed by atoms with Crippen molar-refractivity contribution in [2.24, 2.45) is 0 Å². The van der Waals surface area contributed by atoms with Gasteiger partial charge in [-0.3, -0.25) is 9.63 Å². The summed E-state index contributed by atoms with van der Waals surface area (Å²) < 4.78 is 5.54. The summed E-state index contributed by atoms with van der Waals surface area (Å²) in [5.41, 5.74) is 3.36. The zero-order valence-electron chi connectivity index (χ0n) is 9.66. The minimum atomic E-state index is -0.129. The topological polar surface area (TPSA) is 47.6 Å². The van der Waals surface area contributed by atoms with E-state index < -0.39 is 0 Å². The van der Waals surface area contributed by atoms with Gasteiger partial charge in [-0.15, -0.1) is 0 Å². The van der Waals surface area contributed by atoms with Crippen LogP contribution in [0, 0.1) is 6.92 Å². The first-order chi connectivity index (χ1) is 7.74. The highest BCUT2D eigenvalue weighted by atomic mass is 16.6. The monoisotopic (exact) mass is 223 g/mol. The Labute approximate surface area is 95.5 Å². The molecule has 1 N–H and O–H groups in total. The van der Waals surface area contributed by atoms with E-state index in [0.717, 1.165) is 11.3 Å². The average molecular weight is 223 g/mol. The largest absolute Gasteiger partial charge is 0.493 e. The molecule has 4 nitrogen and oxygen atoms in total. The predicted octanol–water partition coefficient (Wildman–Crippen LogP) is 1.83. The first-order valence-corrected chi connectivity index (χ1v) is 5.24. The normalized spacial score (nSPS) is 9.88. The highest BCUT2D eigenvalue weighted by Crippen LogP contribution is 2.16. The summed E-state index contributed by atoms with van der Waals surface area (Å²) in [4.78, 5) is 15.5. The van der Waals surface area contributed by atoms with Crippen LogP contribution in [-0.4, -0.2) is 19.6 Å². The molecule has 0 unspecified atom stereocenters. The van der Waals surface area contributed by atoms with E-state index in [1.54, 1.807) is 0 Å². The molecule has 0 radical (unpaired) electrons. The lowest BCUT2D eigenvalue weighted by molar-refractivity contribution is -0.131. The molecular formula is C12H17NO3. The minimum absolute atomic E-state index is 0.129. The number of rotatable bonds is 6. The van der Waals surface area contributed by atoms with E-state index >= 15 is 0 Å². The van der Waals surface area contributed by atoms with Gasteiger partial charge in [-0.25, -0.2) is 5.48 Å². The Morgan fingerprint density at radius 3 is 2.81 bits per heavy atom. The third kappa shape index (κ3) is 4.31. The van der Waals surface area contributed by atoms with Gasteiger partial charge in [0, 0.05) is 6.42 Å². The van der Waals surface area contributed by atoms with Crippen LogP contribution in [0.1, 0.15) is 18.4 Å². The fraction of sp³-hybridized carbons (Fsp3) is 0.417. The molecule has 1 aromatic carbocycles. The summed E-state index contributed by atoms with van der Waals surface area (Å²) in [6.07, 6.45) is 1.07. The Morgan fingerprint density at radius 1 is 1.38 bits per heavy atom. The van der Waals surface area contributed by atoms with Gasteiger partial charge >= 0.3 is 0 Å². The van der Waals surface area contributed by atoms with Crippen LogP contribution in [0.5, 0.6) is 5.75 Å². The van der Waals surface area contributed by atoms with Gasteiger partial charge in [-0.2, -0.15) is 0 Å². The molecule has 0 spiro atoms. The maximum absolute atomic E-state index is 11.0. The molecular weight excluding hydrogens is 206 g/mol. The van der Waals surface area contributed by atoms with E-state index in [1.165, 1.54) is 7.11 Å². The van der Waals surface area contributed by atoms with Crippen LogP contribution in [0.25, 0.3) is 0 Å². The lowest BCUT2D eigenvalue weighted by Crippen LogP contribution is -2.21. The number of para-hydroxylation sites is 1. The minimum Gasteiger partial charge on any atom is -0.493 e. The Balaban J connectivity index is 2.21. The van der Waals surface area contributed by atoms with Crippen molar-refractivity contribution < 1.29 is 14.4 Å². The number of amides is 1. The molecule has 16 heavy (non-hydrogen) atoms. The summed E-state index contributed by atoms with van der Waals surface area (Å²) in [5, 5.41) is 0. The number of aryl methyl sites for hydroxylation is 1. The molecule has 0 fully saturated rings. The molecule has 0 aliphatic rings. The van der Waals surface area contributed by atoms with Gasteiger partial charge in [0.2, 0.25) is 5.91 Å². The summed E-state index contributed by atoms with van der Waals surface area (Å²) in [6.45, 7) is 2.52. The summed E-state index contributed by atoms with van der Waals surface area (Å²) in [5.74, 6) is 0.741. The van der Waals surface area contributed by atoms with Gasteiger partial charge in [0.25, 0.3) is 0 Å². The van der Waals surface area contributed by atoms with Crippen molar-refractivity contribution in [3.05, 3.63) is 29.8 Å². The number of ether oxygens (including phenoxy) is 1. The molecule has 1 amide bonds. The highest BCUT2D eigenvalue weighted by Gasteiger charge is 2.01. The second-order valence-electron chi connectivity index (χ2n) is 3.45. The van der Waals surface area contributed by atoms with Crippen LogP contribution in [0.15, 0.2) is 24.3 Å². The van der Waals surface area contributed by atoms with Crippen LogP contribution < -0.4 is 10.2 Å². The quantitative estimate of drug-likeness (QED) is 0.591. The van der Waals surface area contributed by atoms with Gasteiger partial charge in [-0.1, -0.05) is 18.2 Å². The highest BCUT2D eigenvalue weighted by molar-refractivity contribution is 5.74. The van der Waals surface area contributed by atoms with Crippen molar-refractivity contribution in [2.75, 3.05) is 13.7 Å². The van der Waals surface area contributed by atoms with E-state index in [0.29, 0.717) is 19.4 Å². The van der Waals surface area contributed by atoms with E-state index in [2.05, 4.69) is 10.3 Å². The molecule has 0 aliphatic heterocycles. The average Bonchev–Trinajstić information content (AvgIpc) is 2.27. The first kappa shape index (κ1) is 12.5. The smallest absolute Gasteiger partial charge is 0.243 e. The van der Waals surface area contributed by atoms with E-state index in [4.69, 9.17) is 4.74 Å². The molecule has 0 aromatic heterocycles. The van der Waals surface area contributed by atoms with Gasteiger partial charge < -0.3 is 4.74 Å². The second-order valence-corrected chi connectivity index (χ2v) is 3.45. The van der Waals surface area contributed by atoms with Gasteiger partial charge in [0.15, 0.2) is 0 Å². The van der Waals surface area contributed by atoms with Crippen LogP contribution in [0.2, 0.25) is 0 Å².